The number of pyridine rings is 1. The smallest absolute Gasteiger partial charge is 0.303 e. The molecular weight excluding hydrogens is 340 g/mol. The number of unbranched alkanes of at least 4 members (excludes halogenated alkanes) is 3. The number of carbonyl (C=O) groups excluding carboxylic acids is 1. The third kappa shape index (κ3) is 4.42. The van der Waals surface area contributed by atoms with Crippen molar-refractivity contribution in [1.82, 2.24) is 9.97 Å². The molecule has 5 heteroatoms. The number of carbonyl (C=O) groups is 2. The number of H-pyrrole nitrogens is 1. The molecule has 0 unspecified atom stereocenters. The van der Waals surface area contributed by atoms with Crippen LogP contribution in [0.3, 0.4) is 0 Å². The summed E-state index contributed by atoms with van der Waals surface area (Å²) in [7, 11) is 0. The average Bonchev–Trinajstić information content (AvgIpc) is 3.04. The van der Waals surface area contributed by atoms with E-state index in [1.807, 2.05) is 18.2 Å². The molecule has 2 aromatic heterocycles. The molecule has 0 atom stereocenters. The molecule has 0 saturated heterocycles. The van der Waals surface area contributed by atoms with Gasteiger partial charge in [-0.1, -0.05) is 31.9 Å². The highest BCUT2D eigenvalue weighted by Gasteiger charge is 2.13. The second kappa shape index (κ2) is 8.62. The molecule has 0 amide bonds. The minimum Gasteiger partial charge on any atom is -0.481 e. The number of benzene rings is 1. The number of carboxylic acid groups (broad SMARTS) is 1. The van der Waals surface area contributed by atoms with Crippen molar-refractivity contribution in [1.29, 1.82) is 0 Å². The minimum absolute atomic E-state index is 0.00559. The zero-order valence-corrected chi connectivity index (χ0v) is 15.5. The lowest BCUT2D eigenvalue weighted by molar-refractivity contribution is -0.136. The summed E-state index contributed by atoms with van der Waals surface area (Å²) in [6.07, 6.45) is 10.6. The van der Waals surface area contributed by atoms with Gasteiger partial charge in [0.2, 0.25) is 0 Å². The van der Waals surface area contributed by atoms with E-state index in [0.717, 1.165) is 33.9 Å². The summed E-state index contributed by atoms with van der Waals surface area (Å²) in [5, 5.41) is 10.7. The lowest BCUT2D eigenvalue weighted by Crippen LogP contribution is -2.03. The lowest BCUT2D eigenvalue weighted by Gasteiger charge is -2.01. The van der Waals surface area contributed by atoms with E-state index in [-0.39, 0.29) is 18.6 Å². The van der Waals surface area contributed by atoms with Gasteiger partial charge in [-0.2, -0.15) is 0 Å². The van der Waals surface area contributed by atoms with Gasteiger partial charge in [-0.3, -0.25) is 9.59 Å². The number of hydrogen-bond acceptors (Lipinski definition) is 3. The van der Waals surface area contributed by atoms with Crippen LogP contribution >= 0.6 is 0 Å². The van der Waals surface area contributed by atoms with Gasteiger partial charge in [-0.25, -0.2) is 4.98 Å². The van der Waals surface area contributed by atoms with Crippen LogP contribution in [0.25, 0.3) is 28.0 Å². The van der Waals surface area contributed by atoms with E-state index in [1.165, 1.54) is 19.3 Å². The number of Topliss-reactive ketones (excluding diaryl/α,β-unsaturated/α-hetero) is 1. The van der Waals surface area contributed by atoms with E-state index in [9.17, 15) is 9.59 Å². The van der Waals surface area contributed by atoms with Crippen LogP contribution < -0.4 is 0 Å². The Bertz CT molecular complexity index is 1000. The maximum Gasteiger partial charge on any atom is 0.303 e. The molecule has 3 aromatic rings. The van der Waals surface area contributed by atoms with E-state index in [2.05, 4.69) is 29.0 Å². The van der Waals surface area contributed by atoms with Gasteiger partial charge in [0, 0.05) is 34.5 Å². The maximum atomic E-state index is 12.3. The Labute approximate surface area is 158 Å². The number of rotatable bonds is 9. The van der Waals surface area contributed by atoms with Crippen molar-refractivity contribution in [2.45, 2.75) is 45.4 Å². The van der Waals surface area contributed by atoms with Crippen LogP contribution in [0, 0.1) is 0 Å². The molecule has 5 nitrogen and oxygen atoms in total. The third-order valence-electron chi connectivity index (χ3n) is 4.68. The van der Waals surface area contributed by atoms with Crippen molar-refractivity contribution < 1.29 is 14.7 Å². The minimum atomic E-state index is -0.962. The quantitative estimate of drug-likeness (QED) is 0.396. The van der Waals surface area contributed by atoms with Gasteiger partial charge in [0.15, 0.2) is 5.78 Å². The molecule has 27 heavy (non-hydrogen) atoms. The van der Waals surface area contributed by atoms with E-state index >= 15 is 0 Å². The van der Waals surface area contributed by atoms with Crippen molar-refractivity contribution in [3.8, 4) is 0 Å². The van der Waals surface area contributed by atoms with Gasteiger partial charge in [-0.05, 0) is 42.7 Å². The van der Waals surface area contributed by atoms with Crippen molar-refractivity contribution in [3.63, 3.8) is 0 Å². The number of allylic oxidation sites excluding steroid dienone is 1. The first-order chi connectivity index (χ1) is 13.1. The molecule has 0 aliphatic carbocycles. The predicted octanol–water partition coefficient (Wildman–Crippen LogP) is 5.36. The summed E-state index contributed by atoms with van der Waals surface area (Å²) in [5.41, 5.74) is 3.30. The van der Waals surface area contributed by atoms with Crippen LogP contribution in [0.4, 0.5) is 0 Å². The Balaban J connectivity index is 1.95. The first-order valence-electron chi connectivity index (χ1n) is 9.42. The topological polar surface area (TPSA) is 83.0 Å². The van der Waals surface area contributed by atoms with Gasteiger partial charge < -0.3 is 10.1 Å². The van der Waals surface area contributed by atoms with Gasteiger partial charge in [0.25, 0.3) is 0 Å². The SMILES string of the molecule is CCCCCC=Cc1ccnc2[nH]c3ccc(C(=O)CCC(=O)O)cc3c12. The lowest BCUT2D eigenvalue weighted by atomic mass is 10.0. The fourth-order valence-electron chi connectivity index (χ4n) is 3.24. The fourth-order valence-corrected chi connectivity index (χ4v) is 3.24. The van der Waals surface area contributed by atoms with Crippen molar-refractivity contribution >= 4 is 39.8 Å². The van der Waals surface area contributed by atoms with Crippen LogP contribution in [0.2, 0.25) is 0 Å². The first-order valence-corrected chi connectivity index (χ1v) is 9.42. The van der Waals surface area contributed by atoms with Gasteiger partial charge in [0.1, 0.15) is 5.65 Å². The summed E-state index contributed by atoms with van der Waals surface area (Å²) < 4.78 is 0. The molecule has 0 aliphatic rings. The number of aromatic amines is 1. The molecule has 0 saturated carbocycles. The Hall–Kier alpha value is -2.95. The zero-order valence-electron chi connectivity index (χ0n) is 15.5. The summed E-state index contributed by atoms with van der Waals surface area (Å²) in [6, 6.07) is 7.42. The van der Waals surface area contributed by atoms with Gasteiger partial charge >= 0.3 is 5.97 Å². The monoisotopic (exact) mass is 364 g/mol. The Morgan fingerprint density at radius 2 is 2.04 bits per heavy atom. The van der Waals surface area contributed by atoms with E-state index in [1.54, 1.807) is 12.3 Å². The molecule has 0 fully saturated rings. The molecule has 0 spiro atoms. The predicted molar refractivity (Wildman–Crippen MR) is 108 cm³/mol. The third-order valence-corrected chi connectivity index (χ3v) is 4.68. The van der Waals surface area contributed by atoms with Crippen molar-refractivity contribution in [2.24, 2.45) is 0 Å². The van der Waals surface area contributed by atoms with E-state index in [4.69, 9.17) is 5.11 Å². The first kappa shape index (κ1) is 18.8. The zero-order chi connectivity index (χ0) is 19.2. The molecule has 3 rings (SSSR count). The molecule has 0 bridgehead atoms. The highest BCUT2D eigenvalue weighted by Crippen LogP contribution is 2.29. The van der Waals surface area contributed by atoms with Crippen molar-refractivity contribution in [3.05, 3.63) is 47.7 Å². The summed E-state index contributed by atoms with van der Waals surface area (Å²) >= 11 is 0. The second-order valence-electron chi connectivity index (χ2n) is 6.72. The number of nitrogens with one attached hydrogen (secondary N) is 1. The number of fused-ring (bicyclic) bond motifs is 3. The fraction of sp³-hybridized carbons (Fsp3) is 0.318. The summed E-state index contributed by atoms with van der Waals surface area (Å²) in [6.45, 7) is 2.19. The number of nitrogens with zero attached hydrogens (tertiary/aromatic N) is 1. The van der Waals surface area contributed by atoms with Crippen LogP contribution in [0.1, 0.15) is 61.4 Å². The molecule has 2 N–H and O–H groups in total. The van der Waals surface area contributed by atoms with Crippen molar-refractivity contribution in [2.75, 3.05) is 0 Å². The highest BCUT2D eigenvalue weighted by molar-refractivity contribution is 6.12. The maximum absolute atomic E-state index is 12.3. The van der Waals surface area contributed by atoms with Crippen LogP contribution in [-0.4, -0.2) is 26.8 Å². The van der Waals surface area contributed by atoms with Crippen LogP contribution in [-0.2, 0) is 4.79 Å². The van der Waals surface area contributed by atoms with Gasteiger partial charge in [0.05, 0.1) is 6.42 Å². The standard InChI is InChI=1S/C22H24N2O3/c1-2-3-4-5-6-7-15-12-13-23-22-21(15)17-14-16(8-9-18(17)24-22)19(25)10-11-20(26)27/h6-9,12-14H,2-5,10-11H2,1H3,(H,23,24)(H,26,27). The molecule has 2 heterocycles. The largest absolute Gasteiger partial charge is 0.481 e. The number of aliphatic carboxylic acids is 1. The average molecular weight is 364 g/mol. The second-order valence-corrected chi connectivity index (χ2v) is 6.72. The molecule has 1 aromatic carbocycles. The van der Waals surface area contributed by atoms with E-state index < -0.39 is 5.97 Å². The van der Waals surface area contributed by atoms with Gasteiger partial charge in [-0.15, -0.1) is 0 Å². The van der Waals surface area contributed by atoms with E-state index in [0.29, 0.717) is 5.56 Å². The summed E-state index contributed by atoms with van der Waals surface area (Å²) in [5.74, 6) is -1.12. The normalized spacial score (nSPS) is 11.6. The number of carboxylic acids is 1. The van der Waals surface area contributed by atoms with Crippen LogP contribution in [0.5, 0.6) is 0 Å². The highest BCUT2D eigenvalue weighted by atomic mass is 16.4. The Morgan fingerprint density at radius 1 is 1.19 bits per heavy atom. The number of aromatic nitrogens is 2. The summed E-state index contributed by atoms with van der Waals surface area (Å²) in [4.78, 5) is 30.7. The molecular formula is C22H24N2O3. The molecule has 0 aliphatic heterocycles. The Morgan fingerprint density at radius 3 is 2.81 bits per heavy atom. The molecule has 140 valence electrons. The van der Waals surface area contributed by atoms with Crippen LogP contribution in [0.15, 0.2) is 36.5 Å². The molecule has 0 radical (unpaired) electrons. The number of hydrogen-bond donors (Lipinski definition) is 2. The number of ketones is 1. The Kier molecular flexibility index (Phi) is 6.01.